The molecule has 4 heteroatoms. The van der Waals surface area contributed by atoms with Crippen LogP contribution in [0.15, 0.2) is 42.5 Å². The number of aromatic hydroxyl groups is 2. The van der Waals surface area contributed by atoms with Crippen LogP contribution in [0.2, 0.25) is 0 Å². The lowest BCUT2D eigenvalue weighted by molar-refractivity contribution is -0.143. The van der Waals surface area contributed by atoms with Crippen LogP contribution in [0.5, 0.6) is 11.5 Å². The van der Waals surface area contributed by atoms with Gasteiger partial charge in [-0.3, -0.25) is 4.79 Å². The van der Waals surface area contributed by atoms with Gasteiger partial charge in [-0.15, -0.1) is 0 Å². The Morgan fingerprint density at radius 1 is 1.00 bits per heavy atom. The first-order valence-electron chi connectivity index (χ1n) is 10.1. The third kappa shape index (κ3) is 2.53. The Morgan fingerprint density at radius 2 is 1.81 bits per heavy atom. The Kier molecular flexibility index (Phi) is 3.85. The van der Waals surface area contributed by atoms with Crippen LogP contribution in [0.4, 0.5) is 0 Å². The van der Waals surface area contributed by atoms with Crippen LogP contribution in [0.3, 0.4) is 0 Å². The smallest absolute Gasteiger partial charge is 0.310 e. The van der Waals surface area contributed by atoms with Crippen molar-refractivity contribution in [3.8, 4) is 11.5 Å². The fourth-order valence-corrected chi connectivity index (χ4v) is 6.70. The molecule has 1 aromatic rings. The Hall–Kier alpha value is -2.23. The number of phenolic OH excluding ortho intramolecular Hbond substituents is 2. The van der Waals surface area contributed by atoms with Crippen molar-refractivity contribution in [1.29, 1.82) is 0 Å². The van der Waals surface area contributed by atoms with Gasteiger partial charge in [-0.25, -0.2) is 0 Å². The average molecular weight is 366 g/mol. The predicted molar refractivity (Wildman–Crippen MR) is 101 cm³/mol. The third-order valence-corrected chi connectivity index (χ3v) is 7.77. The molecule has 8 atom stereocenters. The molecular weight excluding hydrogens is 340 g/mol. The number of aliphatic carboxylic acids is 1. The molecule has 0 amide bonds. The Bertz CT molecular complexity index is 826. The first-order chi connectivity index (χ1) is 13.0. The number of hydrogen-bond donors (Lipinski definition) is 3. The molecule has 3 N–H and O–H groups in total. The van der Waals surface area contributed by atoms with E-state index in [-0.39, 0.29) is 23.3 Å². The summed E-state index contributed by atoms with van der Waals surface area (Å²) in [6.07, 6.45) is 13.1. The van der Waals surface area contributed by atoms with Crippen LogP contribution in [-0.4, -0.2) is 21.3 Å². The van der Waals surface area contributed by atoms with Crippen LogP contribution in [-0.2, 0) is 11.2 Å². The monoisotopic (exact) mass is 366 g/mol. The summed E-state index contributed by atoms with van der Waals surface area (Å²) in [5.41, 5.74) is 1.06. The minimum absolute atomic E-state index is 0.0443. The predicted octanol–water partition coefficient (Wildman–Crippen LogP) is 3.99. The van der Waals surface area contributed by atoms with Crippen molar-refractivity contribution in [3.63, 3.8) is 0 Å². The number of carboxylic acids is 1. The molecule has 0 bridgehead atoms. The van der Waals surface area contributed by atoms with Crippen molar-refractivity contribution in [2.24, 2.45) is 47.3 Å². The van der Waals surface area contributed by atoms with Gasteiger partial charge in [0.15, 0.2) is 11.5 Å². The largest absolute Gasteiger partial charge is 0.504 e. The van der Waals surface area contributed by atoms with Crippen LogP contribution in [0.25, 0.3) is 0 Å². The number of rotatable bonds is 5. The zero-order valence-corrected chi connectivity index (χ0v) is 15.2. The molecule has 4 aliphatic carbocycles. The van der Waals surface area contributed by atoms with Crippen LogP contribution < -0.4 is 0 Å². The van der Waals surface area contributed by atoms with E-state index >= 15 is 0 Å². The van der Waals surface area contributed by atoms with Crippen LogP contribution in [0, 0.1) is 47.3 Å². The fourth-order valence-electron chi connectivity index (χ4n) is 6.70. The normalized spacial score (nSPS) is 40.4. The van der Waals surface area contributed by atoms with E-state index in [2.05, 4.69) is 18.2 Å². The number of benzene rings is 1. The second-order valence-corrected chi connectivity index (χ2v) is 8.89. The van der Waals surface area contributed by atoms with Crippen LogP contribution >= 0.6 is 0 Å². The number of allylic oxidation sites excluding steroid dienone is 3. The van der Waals surface area contributed by atoms with Crippen LogP contribution in [0.1, 0.15) is 24.8 Å². The molecule has 0 spiro atoms. The minimum atomic E-state index is -0.686. The summed E-state index contributed by atoms with van der Waals surface area (Å²) in [4.78, 5) is 11.6. The highest BCUT2D eigenvalue weighted by Gasteiger charge is 2.62. The topological polar surface area (TPSA) is 77.8 Å². The average Bonchev–Trinajstić information content (AvgIpc) is 2.99. The Morgan fingerprint density at radius 3 is 2.59 bits per heavy atom. The van der Waals surface area contributed by atoms with Gasteiger partial charge in [-0.05, 0) is 84.8 Å². The highest BCUT2D eigenvalue weighted by atomic mass is 16.4. The van der Waals surface area contributed by atoms with E-state index in [0.29, 0.717) is 29.6 Å². The third-order valence-electron chi connectivity index (χ3n) is 7.77. The first kappa shape index (κ1) is 16.9. The summed E-state index contributed by atoms with van der Waals surface area (Å²) in [6.45, 7) is 0. The van der Waals surface area contributed by atoms with Gasteiger partial charge in [0.25, 0.3) is 0 Å². The second-order valence-electron chi connectivity index (χ2n) is 8.89. The molecule has 8 unspecified atom stereocenters. The lowest BCUT2D eigenvalue weighted by Crippen LogP contribution is -2.50. The van der Waals surface area contributed by atoms with E-state index in [9.17, 15) is 20.1 Å². The number of carboxylic acid groups (broad SMARTS) is 1. The maximum atomic E-state index is 11.6. The number of aryl methyl sites for hydroxylation is 1. The van der Waals surface area contributed by atoms with Crippen molar-refractivity contribution in [2.75, 3.05) is 0 Å². The van der Waals surface area contributed by atoms with E-state index in [1.807, 2.05) is 12.1 Å². The molecular formula is C23H26O4. The molecule has 2 saturated carbocycles. The maximum absolute atomic E-state index is 11.6. The van der Waals surface area contributed by atoms with Crippen molar-refractivity contribution in [3.05, 3.63) is 48.1 Å². The van der Waals surface area contributed by atoms with Gasteiger partial charge >= 0.3 is 5.97 Å². The van der Waals surface area contributed by atoms with E-state index in [0.717, 1.165) is 24.3 Å². The fraction of sp³-hybridized carbons (Fsp3) is 0.522. The Labute approximate surface area is 159 Å². The van der Waals surface area contributed by atoms with Gasteiger partial charge in [0.1, 0.15) is 0 Å². The van der Waals surface area contributed by atoms with Gasteiger partial charge < -0.3 is 15.3 Å². The van der Waals surface area contributed by atoms with Gasteiger partial charge in [0.2, 0.25) is 0 Å². The lowest BCUT2D eigenvalue weighted by Gasteiger charge is -2.54. The van der Waals surface area contributed by atoms with Gasteiger partial charge in [-0.2, -0.15) is 0 Å². The highest BCUT2D eigenvalue weighted by Crippen LogP contribution is 2.67. The molecule has 4 aliphatic rings. The zero-order chi connectivity index (χ0) is 18.7. The van der Waals surface area contributed by atoms with Gasteiger partial charge in [0.05, 0.1) is 5.92 Å². The summed E-state index contributed by atoms with van der Waals surface area (Å²) < 4.78 is 0. The molecule has 2 fully saturated rings. The molecule has 0 saturated heterocycles. The number of carbonyl (C=O) groups is 1. The highest BCUT2D eigenvalue weighted by molar-refractivity contribution is 5.73. The van der Waals surface area contributed by atoms with E-state index in [1.54, 1.807) is 12.1 Å². The molecule has 0 aromatic heterocycles. The van der Waals surface area contributed by atoms with E-state index in [4.69, 9.17) is 0 Å². The summed E-state index contributed by atoms with van der Waals surface area (Å²) >= 11 is 0. The summed E-state index contributed by atoms with van der Waals surface area (Å²) in [6, 6.07) is 5.09. The molecule has 0 heterocycles. The van der Waals surface area contributed by atoms with E-state index in [1.165, 1.54) is 12.8 Å². The zero-order valence-electron chi connectivity index (χ0n) is 15.2. The van der Waals surface area contributed by atoms with Crippen molar-refractivity contribution < 1.29 is 20.1 Å². The molecule has 0 aliphatic heterocycles. The Balaban J connectivity index is 1.26. The number of hydrogen-bond acceptors (Lipinski definition) is 3. The number of phenols is 2. The first-order valence-corrected chi connectivity index (χ1v) is 10.1. The summed E-state index contributed by atoms with van der Waals surface area (Å²) in [5.74, 6) is 2.88. The van der Waals surface area contributed by atoms with Gasteiger partial charge in [0, 0.05) is 0 Å². The summed E-state index contributed by atoms with van der Waals surface area (Å²) in [5, 5.41) is 28.6. The molecule has 27 heavy (non-hydrogen) atoms. The second kappa shape index (κ2) is 6.15. The van der Waals surface area contributed by atoms with Crippen molar-refractivity contribution >= 4 is 5.97 Å². The lowest BCUT2D eigenvalue weighted by atomic mass is 9.50. The quantitative estimate of drug-likeness (QED) is 0.544. The molecule has 142 valence electrons. The van der Waals surface area contributed by atoms with Crippen molar-refractivity contribution in [1.82, 2.24) is 0 Å². The van der Waals surface area contributed by atoms with Gasteiger partial charge in [-0.1, -0.05) is 30.4 Å². The van der Waals surface area contributed by atoms with Crippen molar-refractivity contribution in [2.45, 2.75) is 25.7 Å². The minimum Gasteiger partial charge on any atom is -0.504 e. The molecule has 1 aromatic carbocycles. The molecule has 5 rings (SSSR count). The SMILES string of the molecule is O=C(O)C1C=CC2CC3C(CCCc4ccc(O)c(O)c4)C4C=CC1C2C43. The van der Waals surface area contributed by atoms with E-state index < -0.39 is 5.97 Å². The standard InChI is InChI=1S/C23H26O4/c24-19-9-4-12(10-20(19)25)2-1-3-14-15-7-8-16-17(23(26)27)6-5-13-11-18(14)22(15)21(13)16/h4-10,13-18,21-22,24-25H,1-3,11H2,(H,26,27). The maximum Gasteiger partial charge on any atom is 0.310 e. The molecule has 4 nitrogen and oxygen atoms in total. The molecule has 0 radical (unpaired) electrons. The summed E-state index contributed by atoms with van der Waals surface area (Å²) in [7, 11) is 0.